The van der Waals surface area contributed by atoms with Gasteiger partial charge in [0.25, 0.3) is 0 Å². The van der Waals surface area contributed by atoms with Gasteiger partial charge in [-0.2, -0.15) is 0 Å². The molecule has 0 aromatic carbocycles. The Morgan fingerprint density at radius 2 is 1.09 bits per heavy atom. The van der Waals surface area contributed by atoms with E-state index in [0.29, 0.717) is 0 Å². The fourth-order valence-electron chi connectivity index (χ4n) is 0.929. The molecule has 0 saturated carbocycles. The van der Waals surface area contributed by atoms with Gasteiger partial charge in [0.2, 0.25) is 0 Å². The summed E-state index contributed by atoms with van der Waals surface area (Å²) >= 11 is -3.52. The third-order valence-electron chi connectivity index (χ3n) is 1.54. The Hall–Kier alpha value is 1.67. The van der Waals surface area contributed by atoms with Gasteiger partial charge in [-0.3, -0.25) is 0 Å². The maximum atomic E-state index is 6.23. The molecule has 0 saturated heterocycles. The minimum absolute atomic E-state index is 1.27. The van der Waals surface area contributed by atoms with Gasteiger partial charge in [0.1, 0.15) is 0 Å². The van der Waals surface area contributed by atoms with E-state index < -0.39 is 24.7 Å². The Bertz CT molecular complexity index is 98.6. The molecule has 0 rings (SSSR count). The van der Waals surface area contributed by atoms with E-state index in [-0.39, 0.29) is 0 Å². The second-order valence-electron chi connectivity index (χ2n) is 4.29. The molecule has 0 aromatic heterocycles. The molecule has 0 bridgehead atoms. The van der Waals surface area contributed by atoms with Crippen LogP contribution in [0.5, 0.6) is 0 Å². The molecule has 0 aliphatic rings. The standard InChI is InChI=1S/C7H18Cl2Ge2/c1-10(2,8)6-5-7-11(3,4)9/h5-7H2,1-4H3. The van der Waals surface area contributed by atoms with Gasteiger partial charge in [0.05, 0.1) is 0 Å². The molecule has 0 unspecified atom stereocenters. The first-order valence-electron chi connectivity index (χ1n) is 4.09. The normalized spacial score (nSPS) is 13.6. The van der Waals surface area contributed by atoms with Gasteiger partial charge in [0.15, 0.2) is 0 Å². The van der Waals surface area contributed by atoms with E-state index in [9.17, 15) is 0 Å². The molecule has 0 aliphatic carbocycles. The molecule has 4 heteroatoms. The van der Waals surface area contributed by atoms with Gasteiger partial charge in [-0.25, -0.2) is 0 Å². The monoisotopic (exact) mass is 320 g/mol. The summed E-state index contributed by atoms with van der Waals surface area (Å²) in [5.74, 6) is 8.98. The summed E-state index contributed by atoms with van der Waals surface area (Å²) in [5.41, 5.74) is 0. The molecular formula is C7H18Cl2Ge2. The van der Waals surface area contributed by atoms with Crippen molar-refractivity contribution in [3.05, 3.63) is 0 Å². The predicted molar refractivity (Wildman–Crippen MR) is 60.9 cm³/mol. The van der Waals surface area contributed by atoms with Crippen LogP contribution in [-0.4, -0.2) is 24.7 Å². The average Bonchev–Trinajstić information content (AvgIpc) is 1.55. The van der Waals surface area contributed by atoms with Gasteiger partial charge < -0.3 is 0 Å². The number of halogens is 2. The molecule has 0 aliphatic heterocycles. The Labute approximate surface area is 84.1 Å². The zero-order valence-corrected chi connectivity index (χ0v) is 13.6. The van der Waals surface area contributed by atoms with Crippen LogP contribution in [-0.2, 0) is 0 Å². The summed E-state index contributed by atoms with van der Waals surface area (Å²) in [6, 6.07) is 0. The van der Waals surface area contributed by atoms with Crippen molar-refractivity contribution in [1.82, 2.24) is 0 Å². The topological polar surface area (TPSA) is 0 Å². The molecule has 0 nitrogen and oxygen atoms in total. The van der Waals surface area contributed by atoms with E-state index in [0.717, 1.165) is 0 Å². The van der Waals surface area contributed by atoms with E-state index in [2.05, 4.69) is 23.0 Å². The molecule has 0 heterocycles. The van der Waals surface area contributed by atoms with Gasteiger partial charge >= 0.3 is 84.6 Å². The first kappa shape index (κ1) is 12.7. The van der Waals surface area contributed by atoms with Crippen LogP contribution in [0.15, 0.2) is 0 Å². The minimum atomic E-state index is -1.76. The number of hydrogen-bond acceptors (Lipinski definition) is 0. The first-order chi connectivity index (χ1) is 4.71. The quantitative estimate of drug-likeness (QED) is 0.679. The number of hydrogen-bond donors (Lipinski definition) is 0. The van der Waals surface area contributed by atoms with Crippen LogP contribution in [0.3, 0.4) is 0 Å². The van der Waals surface area contributed by atoms with Crippen molar-refractivity contribution < 1.29 is 0 Å². The molecule has 0 N–H and O–H groups in total. The fraction of sp³-hybridized carbons (Fsp3) is 1.00. The zero-order valence-electron chi connectivity index (χ0n) is 7.88. The van der Waals surface area contributed by atoms with Crippen LogP contribution in [0.1, 0.15) is 6.42 Å². The van der Waals surface area contributed by atoms with Crippen LogP contribution >= 0.6 is 20.0 Å². The SMILES string of the molecule is [CH3][Ge]([CH3])([Cl])[CH2]C[CH2][Ge]([CH3])([CH3])[Cl]. The van der Waals surface area contributed by atoms with Gasteiger partial charge in [-0.1, -0.05) is 0 Å². The number of rotatable bonds is 4. The molecule has 0 atom stereocenters. The average molecular weight is 318 g/mol. The van der Waals surface area contributed by atoms with Crippen molar-refractivity contribution in [3.63, 3.8) is 0 Å². The van der Waals surface area contributed by atoms with Crippen LogP contribution in [0.4, 0.5) is 0 Å². The summed E-state index contributed by atoms with van der Waals surface area (Å²) in [5, 5.41) is 2.53. The van der Waals surface area contributed by atoms with Crippen molar-refractivity contribution in [2.45, 2.75) is 40.0 Å². The Morgan fingerprint density at radius 1 is 0.818 bits per heavy atom. The molecule has 11 heavy (non-hydrogen) atoms. The summed E-state index contributed by atoms with van der Waals surface area (Å²) in [7, 11) is 12.5. The van der Waals surface area contributed by atoms with Crippen LogP contribution < -0.4 is 0 Å². The van der Waals surface area contributed by atoms with Crippen LogP contribution in [0.2, 0.25) is 33.5 Å². The molecule has 0 fully saturated rings. The zero-order chi connectivity index (χ0) is 9.12. The van der Waals surface area contributed by atoms with E-state index in [1.54, 1.807) is 0 Å². The van der Waals surface area contributed by atoms with Crippen LogP contribution in [0.25, 0.3) is 0 Å². The second kappa shape index (κ2) is 4.78. The van der Waals surface area contributed by atoms with E-state index in [1.165, 1.54) is 16.9 Å². The van der Waals surface area contributed by atoms with E-state index >= 15 is 0 Å². The van der Waals surface area contributed by atoms with Crippen molar-refractivity contribution in [2.24, 2.45) is 0 Å². The molecule has 68 valence electrons. The van der Waals surface area contributed by atoms with Crippen molar-refractivity contribution >= 4 is 44.7 Å². The van der Waals surface area contributed by atoms with Crippen LogP contribution in [0, 0.1) is 0 Å². The molecule has 0 radical (unpaired) electrons. The molecule has 0 aromatic rings. The predicted octanol–water partition coefficient (Wildman–Crippen LogP) is 4.26. The van der Waals surface area contributed by atoms with Gasteiger partial charge in [-0.05, 0) is 0 Å². The van der Waals surface area contributed by atoms with Crippen molar-refractivity contribution in [3.8, 4) is 0 Å². The van der Waals surface area contributed by atoms with Gasteiger partial charge in [0, 0.05) is 0 Å². The van der Waals surface area contributed by atoms with Crippen molar-refractivity contribution in [1.29, 1.82) is 0 Å². The fourth-order valence-corrected chi connectivity index (χ4v) is 8.14. The van der Waals surface area contributed by atoms with E-state index in [1.807, 2.05) is 0 Å². The summed E-state index contributed by atoms with van der Waals surface area (Å²) in [6.45, 7) is 0. The third kappa shape index (κ3) is 11.7. The summed E-state index contributed by atoms with van der Waals surface area (Å²) < 4.78 is 0. The Balaban J connectivity index is 3.44. The molecular weight excluding hydrogens is 300 g/mol. The molecule has 0 amide bonds. The third-order valence-corrected chi connectivity index (χ3v) is 9.98. The summed E-state index contributed by atoms with van der Waals surface area (Å²) in [4.78, 5) is 0. The Kier molecular flexibility index (Phi) is 5.50. The van der Waals surface area contributed by atoms with E-state index in [4.69, 9.17) is 20.0 Å². The molecule has 0 spiro atoms. The first-order valence-corrected chi connectivity index (χ1v) is 21.0. The maximum absolute atomic E-state index is 6.23. The summed E-state index contributed by atoms with van der Waals surface area (Å²) in [6.07, 6.45) is 1.27. The van der Waals surface area contributed by atoms with Crippen molar-refractivity contribution in [2.75, 3.05) is 0 Å². The van der Waals surface area contributed by atoms with Gasteiger partial charge in [-0.15, -0.1) is 0 Å². The second-order valence-corrected chi connectivity index (χ2v) is 31.4. The Morgan fingerprint density at radius 3 is 1.27 bits per heavy atom.